The number of rotatable bonds is 7. The normalized spacial score (nSPS) is 16.2. The van der Waals surface area contributed by atoms with Crippen LogP contribution in [0.2, 0.25) is 5.02 Å². The molecule has 1 fully saturated rings. The van der Waals surface area contributed by atoms with Gasteiger partial charge in [-0.15, -0.1) is 0 Å². The van der Waals surface area contributed by atoms with E-state index >= 15 is 0 Å². The van der Waals surface area contributed by atoms with Crippen LogP contribution in [0, 0.1) is 0 Å². The summed E-state index contributed by atoms with van der Waals surface area (Å²) < 4.78 is 26.8. The predicted molar refractivity (Wildman–Crippen MR) is 119 cm³/mol. The Morgan fingerprint density at radius 1 is 1.13 bits per heavy atom. The molecule has 1 heterocycles. The van der Waals surface area contributed by atoms with Crippen LogP contribution in [0.1, 0.15) is 29.5 Å². The van der Waals surface area contributed by atoms with E-state index in [0.717, 1.165) is 11.1 Å². The number of likely N-dealkylation sites (tertiary alicyclic amines) is 1. The highest BCUT2D eigenvalue weighted by molar-refractivity contribution is 7.89. The summed E-state index contributed by atoms with van der Waals surface area (Å²) in [7, 11) is -3.89. The molecule has 0 unspecified atom stereocenters. The molecule has 1 saturated heterocycles. The number of carbonyl (C=O) groups excluding carboxylic acids is 2. The molecule has 1 aliphatic rings. The lowest BCUT2D eigenvalue weighted by molar-refractivity contribution is -0.124. The van der Waals surface area contributed by atoms with Crippen LogP contribution in [-0.2, 0) is 33.7 Å². The zero-order valence-corrected chi connectivity index (χ0v) is 18.5. The van der Waals surface area contributed by atoms with Crippen LogP contribution >= 0.6 is 11.6 Å². The molecule has 3 rings (SSSR count). The average Bonchev–Trinajstić information content (AvgIpc) is 3.22. The highest BCUT2D eigenvalue weighted by Gasteiger charge is 2.35. The first kappa shape index (κ1) is 23.1. The van der Waals surface area contributed by atoms with Crippen molar-refractivity contribution >= 4 is 33.6 Å². The van der Waals surface area contributed by atoms with E-state index in [1.807, 2.05) is 0 Å². The van der Waals surface area contributed by atoms with E-state index in [4.69, 9.17) is 17.3 Å². The minimum absolute atomic E-state index is 0.212. The summed E-state index contributed by atoms with van der Waals surface area (Å²) in [5.41, 5.74) is 7.95. The molecule has 31 heavy (non-hydrogen) atoms. The van der Waals surface area contributed by atoms with Crippen LogP contribution in [0.5, 0.6) is 0 Å². The van der Waals surface area contributed by atoms with Gasteiger partial charge in [0.1, 0.15) is 6.04 Å². The second-order valence-corrected chi connectivity index (χ2v) is 9.50. The van der Waals surface area contributed by atoms with Crippen LogP contribution in [0.3, 0.4) is 0 Å². The Hall–Kier alpha value is -2.62. The number of urea groups is 1. The molecule has 0 saturated carbocycles. The SMILES string of the molecule is NCc1ccc(Cl)cc1CNC(=O)[C@@H]1CCCN1C(=O)NS(=O)(=O)Cc1ccccc1. The number of carbonyl (C=O) groups is 2. The van der Waals surface area contributed by atoms with Crippen LogP contribution in [-0.4, -0.2) is 37.8 Å². The van der Waals surface area contributed by atoms with Gasteiger partial charge in [-0.2, -0.15) is 0 Å². The molecule has 3 amide bonds. The van der Waals surface area contributed by atoms with E-state index in [0.29, 0.717) is 36.5 Å². The molecular weight excluding hydrogens is 440 g/mol. The van der Waals surface area contributed by atoms with Gasteiger partial charge in [0.25, 0.3) is 0 Å². The van der Waals surface area contributed by atoms with Gasteiger partial charge in [0.2, 0.25) is 15.9 Å². The van der Waals surface area contributed by atoms with Crippen LogP contribution < -0.4 is 15.8 Å². The first-order valence-electron chi connectivity index (χ1n) is 9.89. The summed E-state index contributed by atoms with van der Waals surface area (Å²) in [4.78, 5) is 26.6. The maximum absolute atomic E-state index is 12.7. The number of nitrogens with two attached hydrogens (primary N) is 1. The van der Waals surface area contributed by atoms with Gasteiger partial charge in [0, 0.05) is 24.7 Å². The molecule has 2 aromatic carbocycles. The van der Waals surface area contributed by atoms with Gasteiger partial charge in [-0.3, -0.25) is 4.79 Å². The van der Waals surface area contributed by atoms with Crippen LogP contribution in [0.15, 0.2) is 48.5 Å². The third-order valence-electron chi connectivity index (χ3n) is 5.10. The van der Waals surface area contributed by atoms with Crippen molar-refractivity contribution in [1.82, 2.24) is 14.9 Å². The number of sulfonamides is 1. The van der Waals surface area contributed by atoms with Gasteiger partial charge in [0.15, 0.2) is 0 Å². The molecule has 1 aliphatic heterocycles. The maximum atomic E-state index is 12.7. The Morgan fingerprint density at radius 2 is 1.87 bits per heavy atom. The van der Waals surface area contributed by atoms with Crippen molar-refractivity contribution in [1.29, 1.82) is 0 Å². The van der Waals surface area contributed by atoms with E-state index in [1.165, 1.54) is 4.90 Å². The average molecular weight is 465 g/mol. The first-order chi connectivity index (χ1) is 14.8. The Balaban J connectivity index is 1.61. The summed E-state index contributed by atoms with van der Waals surface area (Å²) in [6.07, 6.45) is 1.06. The van der Waals surface area contributed by atoms with Crippen molar-refractivity contribution in [2.24, 2.45) is 5.73 Å². The fourth-order valence-electron chi connectivity index (χ4n) is 3.56. The lowest BCUT2D eigenvalue weighted by Crippen LogP contribution is -2.50. The molecule has 166 valence electrons. The highest BCUT2D eigenvalue weighted by Crippen LogP contribution is 2.19. The molecule has 0 radical (unpaired) electrons. The zero-order chi connectivity index (χ0) is 22.4. The Labute approximate surface area is 186 Å². The zero-order valence-electron chi connectivity index (χ0n) is 16.9. The van der Waals surface area contributed by atoms with E-state index in [9.17, 15) is 18.0 Å². The Bertz CT molecular complexity index is 1050. The van der Waals surface area contributed by atoms with Crippen molar-refractivity contribution in [2.45, 2.75) is 37.7 Å². The molecule has 4 N–H and O–H groups in total. The van der Waals surface area contributed by atoms with Gasteiger partial charge in [-0.25, -0.2) is 17.9 Å². The molecule has 1 atom stereocenters. The molecule has 2 aromatic rings. The number of hydrogen-bond donors (Lipinski definition) is 3. The predicted octanol–water partition coefficient (Wildman–Crippen LogP) is 2.12. The standard InChI is InChI=1S/C21H25ClN4O4S/c22-18-9-8-16(12-23)17(11-18)13-24-20(27)19-7-4-10-26(19)21(28)25-31(29,30)14-15-5-2-1-3-6-15/h1-3,5-6,8-9,11,19H,4,7,10,12-14,23H2,(H,24,27)(H,25,28)/t19-/m0/s1. The van der Waals surface area contributed by atoms with Gasteiger partial charge >= 0.3 is 6.03 Å². The summed E-state index contributed by atoms with van der Waals surface area (Å²) in [6.45, 7) is 0.819. The fraction of sp³-hybridized carbons (Fsp3) is 0.333. The minimum atomic E-state index is -3.89. The lowest BCUT2D eigenvalue weighted by atomic mass is 10.1. The second-order valence-electron chi connectivity index (χ2n) is 7.34. The Kier molecular flexibility index (Phi) is 7.53. The van der Waals surface area contributed by atoms with E-state index < -0.39 is 22.1 Å². The highest BCUT2D eigenvalue weighted by atomic mass is 35.5. The van der Waals surface area contributed by atoms with Crippen LogP contribution in [0.4, 0.5) is 4.79 Å². The summed E-state index contributed by atoms with van der Waals surface area (Å²) >= 11 is 6.03. The number of nitrogens with one attached hydrogen (secondary N) is 2. The number of hydrogen-bond acceptors (Lipinski definition) is 5. The summed E-state index contributed by atoms with van der Waals surface area (Å²) in [6, 6.07) is 12.3. The molecular formula is C21H25ClN4O4S. The van der Waals surface area contributed by atoms with Crippen LogP contribution in [0.25, 0.3) is 0 Å². The lowest BCUT2D eigenvalue weighted by Gasteiger charge is -2.24. The summed E-state index contributed by atoms with van der Waals surface area (Å²) in [5, 5.41) is 3.34. The quantitative estimate of drug-likeness (QED) is 0.579. The van der Waals surface area contributed by atoms with Gasteiger partial charge in [-0.05, 0) is 41.7 Å². The van der Waals surface area contributed by atoms with Crippen molar-refractivity contribution in [2.75, 3.05) is 6.54 Å². The second kappa shape index (κ2) is 10.1. The molecule has 0 bridgehead atoms. The van der Waals surface area contributed by atoms with E-state index in [1.54, 1.807) is 48.5 Å². The maximum Gasteiger partial charge on any atom is 0.331 e. The fourth-order valence-corrected chi connectivity index (χ4v) is 4.84. The van der Waals surface area contributed by atoms with Gasteiger partial charge in [0.05, 0.1) is 5.75 Å². The third kappa shape index (κ3) is 6.19. The first-order valence-corrected chi connectivity index (χ1v) is 11.9. The van der Waals surface area contributed by atoms with Crippen molar-refractivity contribution in [3.05, 3.63) is 70.2 Å². The molecule has 0 spiro atoms. The smallest absolute Gasteiger partial charge is 0.331 e. The van der Waals surface area contributed by atoms with E-state index in [-0.39, 0.29) is 18.2 Å². The molecule has 8 nitrogen and oxygen atoms in total. The van der Waals surface area contributed by atoms with Gasteiger partial charge in [-0.1, -0.05) is 48.0 Å². The van der Waals surface area contributed by atoms with Crippen molar-refractivity contribution < 1.29 is 18.0 Å². The summed E-state index contributed by atoms with van der Waals surface area (Å²) in [5.74, 6) is -0.669. The third-order valence-corrected chi connectivity index (χ3v) is 6.53. The number of nitrogens with zero attached hydrogens (tertiary/aromatic N) is 1. The van der Waals surface area contributed by atoms with Gasteiger partial charge < -0.3 is 16.0 Å². The number of halogens is 1. The van der Waals surface area contributed by atoms with Crippen molar-refractivity contribution in [3.8, 4) is 0 Å². The topological polar surface area (TPSA) is 122 Å². The van der Waals surface area contributed by atoms with Crippen molar-refractivity contribution in [3.63, 3.8) is 0 Å². The van der Waals surface area contributed by atoms with E-state index in [2.05, 4.69) is 10.0 Å². The molecule has 10 heteroatoms. The molecule has 0 aliphatic carbocycles. The monoisotopic (exact) mass is 464 g/mol. The number of benzene rings is 2. The Morgan fingerprint density at radius 3 is 2.58 bits per heavy atom. The molecule has 0 aromatic heterocycles. The number of amides is 3. The largest absolute Gasteiger partial charge is 0.350 e. The minimum Gasteiger partial charge on any atom is -0.350 e.